The third-order valence-electron chi connectivity index (χ3n) is 5.40. The standard InChI is InChI=1S/C26H24N2O4/c1-17-12-13-21-20(14-17)24(18-8-4-3-5-9-18)25(27-21)26(31)28(16-23(29)30)15-19-10-6-7-11-22(19)32-2/h3-14,27H,15-16H2,1-2H3,(H,29,30). The highest BCUT2D eigenvalue weighted by Gasteiger charge is 2.26. The fourth-order valence-electron chi connectivity index (χ4n) is 3.93. The van der Waals surface area contributed by atoms with Gasteiger partial charge in [0.05, 0.1) is 13.7 Å². The summed E-state index contributed by atoms with van der Waals surface area (Å²) in [7, 11) is 1.55. The first-order valence-corrected chi connectivity index (χ1v) is 10.3. The molecule has 6 nitrogen and oxygen atoms in total. The molecule has 4 rings (SSSR count). The van der Waals surface area contributed by atoms with Gasteiger partial charge in [-0.25, -0.2) is 0 Å². The summed E-state index contributed by atoms with van der Waals surface area (Å²) in [4.78, 5) is 29.9. The van der Waals surface area contributed by atoms with Gasteiger partial charge in [0, 0.05) is 22.0 Å². The second-order valence-electron chi connectivity index (χ2n) is 7.66. The maximum Gasteiger partial charge on any atom is 0.323 e. The van der Waals surface area contributed by atoms with Gasteiger partial charge in [0.15, 0.2) is 0 Å². The van der Waals surface area contributed by atoms with Gasteiger partial charge in [0.25, 0.3) is 5.91 Å². The molecule has 0 bridgehead atoms. The molecule has 1 heterocycles. The number of para-hydroxylation sites is 1. The lowest BCUT2D eigenvalue weighted by molar-refractivity contribution is -0.137. The van der Waals surface area contributed by atoms with E-state index in [-0.39, 0.29) is 12.5 Å². The molecule has 2 N–H and O–H groups in total. The molecule has 0 radical (unpaired) electrons. The van der Waals surface area contributed by atoms with Crippen LogP contribution in [0.15, 0.2) is 72.8 Å². The maximum absolute atomic E-state index is 13.7. The van der Waals surface area contributed by atoms with Crippen molar-refractivity contribution < 1.29 is 19.4 Å². The Morgan fingerprint density at radius 1 is 1.00 bits per heavy atom. The number of carbonyl (C=O) groups is 2. The van der Waals surface area contributed by atoms with Crippen LogP contribution in [0, 0.1) is 6.92 Å². The summed E-state index contributed by atoms with van der Waals surface area (Å²) in [5, 5.41) is 10.4. The number of aliphatic carboxylic acids is 1. The Morgan fingerprint density at radius 3 is 2.44 bits per heavy atom. The number of carboxylic acid groups (broad SMARTS) is 1. The molecule has 0 aliphatic carbocycles. The van der Waals surface area contributed by atoms with Gasteiger partial charge in [-0.3, -0.25) is 9.59 Å². The largest absolute Gasteiger partial charge is 0.496 e. The smallest absolute Gasteiger partial charge is 0.323 e. The molecule has 0 saturated carbocycles. The van der Waals surface area contributed by atoms with E-state index < -0.39 is 12.5 Å². The van der Waals surface area contributed by atoms with E-state index in [9.17, 15) is 14.7 Å². The normalized spacial score (nSPS) is 10.8. The number of aromatic amines is 1. The van der Waals surface area contributed by atoms with Crippen molar-refractivity contribution in [3.8, 4) is 16.9 Å². The Labute approximate surface area is 186 Å². The van der Waals surface area contributed by atoms with Crippen LogP contribution in [0.2, 0.25) is 0 Å². The molecule has 3 aromatic carbocycles. The van der Waals surface area contributed by atoms with Crippen molar-refractivity contribution >= 4 is 22.8 Å². The summed E-state index contributed by atoms with van der Waals surface area (Å²) in [6.45, 7) is 1.68. The van der Waals surface area contributed by atoms with Crippen molar-refractivity contribution in [1.29, 1.82) is 0 Å². The van der Waals surface area contributed by atoms with Crippen LogP contribution >= 0.6 is 0 Å². The van der Waals surface area contributed by atoms with Gasteiger partial charge < -0.3 is 19.7 Å². The van der Waals surface area contributed by atoms with Crippen molar-refractivity contribution in [3.05, 3.63) is 89.6 Å². The summed E-state index contributed by atoms with van der Waals surface area (Å²) < 4.78 is 5.40. The highest BCUT2D eigenvalue weighted by atomic mass is 16.5. The lowest BCUT2D eigenvalue weighted by Gasteiger charge is -2.22. The zero-order valence-corrected chi connectivity index (χ0v) is 18.0. The predicted molar refractivity (Wildman–Crippen MR) is 124 cm³/mol. The van der Waals surface area contributed by atoms with Gasteiger partial charge >= 0.3 is 5.97 Å². The SMILES string of the molecule is COc1ccccc1CN(CC(=O)O)C(=O)c1[nH]c2ccc(C)cc2c1-c1ccccc1. The zero-order chi connectivity index (χ0) is 22.7. The molecular formula is C26H24N2O4. The highest BCUT2D eigenvalue weighted by Crippen LogP contribution is 2.34. The summed E-state index contributed by atoms with van der Waals surface area (Å²) >= 11 is 0. The number of amides is 1. The fourth-order valence-corrected chi connectivity index (χ4v) is 3.93. The van der Waals surface area contributed by atoms with Crippen molar-refractivity contribution in [2.24, 2.45) is 0 Å². The molecule has 0 unspecified atom stereocenters. The number of aromatic nitrogens is 1. The predicted octanol–water partition coefficient (Wildman–Crippen LogP) is 4.88. The fraction of sp³-hybridized carbons (Fsp3) is 0.154. The quantitative estimate of drug-likeness (QED) is 0.440. The maximum atomic E-state index is 13.7. The molecule has 4 aromatic rings. The van der Waals surface area contributed by atoms with E-state index in [1.54, 1.807) is 13.2 Å². The molecule has 0 aliphatic heterocycles. The zero-order valence-electron chi connectivity index (χ0n) is 18.0. The lowest BCUT2D eigenvalue weighted by atomic mass is 10.00. The molecule has 0 atom stereocenters. The minimum Gasteiger partial charge on any atom is -0.496 e. The number of rotatable bonds is 7. The summed E-state index contributed by atoms with van der Waals surface area (Å²) in [5.74, 6) is -0.862. The summed E-state index contributed by atoms with van der Waals surface area (Å²) in [6, 6.07) is 22.9. The van der Waals surface area contributed by atoms with Gasteiger partial charge in [-0.2, -0.15) is 0 Å². The Hall–Kier alpha value is -4.06. The van der Waals surface area contributed by atoms with Crippen LogP contribution in [0.5, 0.6) is 5.75 Å². The Balaban J connectivity index is 1.83. The molecule has 162 valence electrons. The van der Waals surface area contributed by atoms with Crippen LogP contribution in [0.25, 0.3) is 22.0 Å². The van der Waals surface area contributed by atoms with Crippen molar-refractivity contribution in [2.75, 3.05) is 13.7 Å². The van der Waals surface area contributed by atoms with Gasteiger partial charge in [-0.05, 0) is 30.7 Å². The molecule has 0 fully saturated rings. The first-order chi connectivity index (χ1) is 15.5. The average Bonchev–Trinajstić information content (AvgIpc) is 3.17. The number of hydrogen-bond donors (Lipinski definition) is 2. The number of hydrogen-bond acceptors (Lipinski definition) is 3. The molecule has 0 aliphatic rings. The topological polar surface area (TPSA) is 82.6 Å². The van der Waals surface area contributed by atoms with Crippen LogP contribution in [-0.2, 0) is 11.3 Å². The molecule has 1 amide bonds. The van der Waals surface area contributed by atoms with Crippen LogP contribution in [-0.4, -0.2) is 40.5 Å². The van der Waals surface area contributed by atoms with Crippen molar-refractivity contribution in [3.63, 3.8) is 0 Å². The van der Waals surface area contributed by atoms with Crippen LogP contribution in [0.4, 0.5) is 0 Å². The summed E-state index contributed by atoms with van der Waals surface area (Å²) in [6.07, 6.45) is 0. The molecule has 1 aromatic heterocycles. The van der Waals surface area contributed by atoms with Crippen molar-refractivity contribution in [1.82, 2.24) is 9.88 Å². The Bertz CT molecular complexity index is 1280. The molecule has 32 heavy (non-hydrogen) atoms. The number of fused-ring (bicyclic) bond motifs is 1. The minimum atomic E-state index is -1.08. The first kappa shape index (κ1) is 21.2. The van der Waals surface area contributed by atoms with Crippen LogP contribution < -0.4 is 4.74 Å². The number of carbonyl (C=O) groups excluding carboxylic acids is 1. The first-order valence-electron chi connectivity index (χ1n) is 10.3. The molecule has 6 heteroatoms. The average molecular weight is 428 g/mol. The third-order valence-corrected chi connectivity index (χ3v) is 5.40. The van der Waals surface area contributed by atoms with Gasteiger partial charge in [0.2, 0.25) is 0 Å². The summed E-state index contributed by atoms with van der Waals surface area (Å²) in [5.41, 5.74) is 4.66. The number of nitrogens with one attached hydrogen (secondary N) is 1. The van der Waals surface area contributed by atoms with E-state index in [4.69, 9.17) is 4.74 Å². The Morgan fingerprint density at radius 2 is 1.72 bits per heavy atom. The number of nitrogens with zero attached hydrogens (tertiary/aromatic N) is 1. The second kappa shape index (κ2) is 8.98. The molecular weight excluding hydrogens is 404 g/mol. The number of carboxylic acids is 1. The van der Waals surface area contributed by atoms with Crippen LogP contribution in [0.1, 0.15) is 21.6 Å². The van der Waals surface area contributed by atoms with E-state index in [2.05, 4.69) is 4.98 Å². The number of methoxy groups -OCH3 is 1. The van der Waals surface area contributed by atoms with E-state index >= 15 is 0 Å². The monoisotopic (exact) mass is 428 g/mol. The number of benzene rings is 3. The number of ether oxygens (including phenoxy) is 1. The molecule has 0 spiro atoms. The van der Waals surface area contributed by atoms with E-state index in [0.717, 1.165) is 33.2 Å². The van der Waals surface area contributed by atoms with Gasteiger partial charge in [-0.1, -0.05) is 60.2 Å². The number of H-pyrrole nitrogens is 1. The van der Waals surface area contributed by atoms with E-state index in [0.29, 0.717) is 11.4 Å². The Kier molecular flexibility index (Phi) is 5.94. The molecule has 0 saturated heterocycles. The highest BCUT2D eigenvalue weighted by molar-refractivity contribution is 6.10. The van der Waals surface area contributed by atoms with Gasteiger partial charge in [0.1, 0.15) is 18.0 Å². The van der Waals surface area contributed by atoms with Crippen LogP contribution in [0.3, 0.4) is 0 Å². The van der Waals surface area contributed by atoms with Gasteiger partial charge in [-0.15, -0.1) is 0 Å². The number of aryl methyl sites for hydroxylation is 1. The second-order valence-corrected chi connectivity index (χ2v) is 7.66. The van der Waals surface area contributed by atoms with Crippen molar-refractivity contribution in [2.45, 2.75) is 13.5 Å². The lowest BCUT2D eigenvalue weighted by Crippen LogP contribution is -2.35. The van der Waals surface area contributed by atoms with E-state index in [1.165, 1.54) is 4.90 Å². The third kappa shape index (κ3) is 4.21. The minimum absolute atomic E-state index is 0.109. The van der Waals surface area contributed by atoms with E-state index in [1.807, 2.05) is 73.7 Å².